The molecule has 0 amide bonds. The van der Waals surface area contributed by atoms with Crippen LogP contribution in [0.25, 0.3) is 0 Å². The van der Waals surface area contributed by atoms with Gasteiger partial charge in [-0.05, 0) is 18.8 Å². The van der Waals surface area contributed by atoms with E-state index in [0.717, 1.165) is 31.4 Å². The van der Waals surface area contributed by atoms with Gasteiger partial charge in [0.05, 0.1) is 4.92 Å². The SMILES string of the molecule is O=C(O)c1cc([N+](=O)[O-])c(NCC2CCC2)cc1F. The van der Waals surface area contributed by atoms with E-state index in [9.17, 15) is 19.3 Å². The summed E-state index contributed by atoms with van der Waals surface area (Å²) in [6.07, 6.45) is 3.24. The molecule has 2 rings (SSSR count). The fourth-order valence-electron chi connectivity index (χ4n) is 1.97. The van der Waals surface area contributed by atoms with Gasteiger partial charge in [0.15, 0.2) is 0 Å². The summed E-state index contributed by atoms with van der Waals surface area (Å²) in [7, 11) is 0. The highest BCUT2D eigenvalue weighted by atomic mass is 19.1. The lowest BCUT2D eigenvalue weighted by molar-refractivity contribution is -0.384. The molecule has 0 radical (unpaired) electrons. The summed E-state index contributed by atoms with van der Waals surface area (Å²) in [4.78, 5) is 20.9. The maximum atomic E-state index is 13.5. The largest absolute Gasteiger partial charge is 0.478 e. The molecule has 0 aromatic heterocycles. The Morgan fingerprint density at radius 1 is 1.53 bits per heavy atom. The molecule has 1 saturated carbocycles. The summed E-state index contributed by atoms with van der Waals surface area (Å²) in [6.45, 7) is 0.534. The number of carboxylic acids is 1. The number of hydrogen-bond donors (Lipinski definition) is 2. The zero-order valence-corrected chi connectivity index (χ0v) is 10.1. The first-order chi connectivity index (χ1) is 8.99. The zero-order chi connectivity index (χ0) is 14.0. The molecule has 7 heteroatoms. The van der Waals surface area contributed by atoms with Crippen LogP contribution in [0.15, 0.2) is 12.1 Å². The van der Waals surface area contributed by atoms with Gasteiger partial charge < -0.3 is 10.4 Å². The minimum Gasteiger partial charge on any atom is -0.478 e. The van der Waals surface area contributed by atoms with Gasteiger partial charge in [0.1, 0.15) is 17.1 Å². The number of aromatic carboxylic acids is 1. The fourth-order valence-corrected chi connectivity index (χ4v) is 1.97. The van der Waals surface area contributed by atoms with Gasteiger partial charge in [-0.3, -0.25) is 10.1 Å². The van der Waals surface area contributed by atoms with Gasteiger partial charge in [-0.25, -0.2) is 9.18 Å². The van der Waals surface area contributed by atoms with Crippen LogP contribution in [0.5, 0.6) is 0 Å². The second-order valence-corrected chi connectivity index (χ2v) is 4.59. The number of hydrogen-bond acceptors (Lipinski definition) is 4. The number of carbonyl (C=O) groups is 1. The molecule has 6 nitrogen and oxygen atoms in total. The number of nitrogens with one attached hydrogen (secondary N) is 1. The number of halogens is 1. The number of nitrogens with zero attached hydrogens (tertiary/aromatic N) is 1. The van der Waals surface area contributed by atoms with E-state index in [1.165, 1.54) is 0 Å². The highest BCUT2D eigenvalue weighted by molar-refractivity contribution is 5.90. The Morgan fingerprint density at radius 3 is 2.68 bits per heavy atom. The first-order valence-electron chi connectivity index (χ1n) is 5.94. The van der Waals surface area contributed by atoms with Crippen molar-refractivity contribution in [3.8, 4) is 0 Å². The lowest BCUT2D eigenvalue weighted by Gasteiger charge is -2.25. The molecule has 19 heavy (non-hydrogen) atoms. The lowest BCUT2D eigenvalue weighted by atomic mass is 9.85. The molecule has 102 valence electrons. The molecule has 0 spiro atoms. The lowest BCUT2D eigenvalue weighted by Crippen LogP contribution is -2.21. The Labute approximate surface area is 108 Å². The number of rotatable bonds is 5. The van der Waals surface area contributed by atoms with Crippen molar-refractivity contribution in [1.82, 2.24) is 0 Å². The second kappa shape index (κ2) is 5.21. The van der Waals surface area contributed by atoms with E-state index in [2.05, 4.69) is 5.32 Å². The van der Waals surface area contributed by atoms with Gasteiger partial charge in [-0.15, -0.1) is 0 Å². The molecule has 1 aliphatic rings. The monoisotopic (exact) mass is 268 g/mol. The van der Waals surface area contributed by atoms with Gasteiger partial charge in [-0.2, -0.15) is 0 Å². The van der Waals surface area contributed by atoms with E-state index in [0.29, 0.717) is 12.5 Å². The topological polar surface area (TPSA) is 92.5 Å². The van der Waals surface area contributed by atoms with E-state index >= 15 is 0 Å². The van der Waals surface area contributed by atoms with Gasteiger partial charge in [0.2, 0.25) is 0 Å². The fraction of sp³-hybridized carbons (Fsp3) is 0.417. The van der Waals surface area contributed by atoms with Gasteiger partial charge in [-0.1, -0.05) is 6.42 Å². The first-order valence-corrected chi connectivity index (χ1v) is 5.94. The van der Waals surface area contributed by atoms with Crippen LogP contribution in [0.1, 0.15) is 29.6 Å². The van der Waals surface area contributed by atoms with Crippen molar-refractivity contribution in [2.45, 2.75) is 19.3 Å². The molecule has 0 heterocycles. The Bertz CT molecular complexity index is 529. The quantitative estimate of drug-likeness (QED) is 0.632. The molecule has 0 atom stereocenters. The summed E-state index contributed by atoms with van der Waals surface area (Å²) in [5, 5.41) is 22.5. The molecule has 0 aliphatic heterocycles. The summed E-state index contributed by atoms with van der Waals surface area (Å²) < 4.78 is 13.5. The van der Waals surface area contributed by atoms with E-state index in [1.54, 1.807) is 0 Å². The summed E-state index contributed by atoms with van der Waals surface area (Å²) in [5.74, 6) is -2.05. The number of nitro benzene ring substituents is 1. The van der Waals surface area contributed by atoms with Crippen LogP contribution in [-0.2, 0) is 0 Å². The Hall–Kier alpha value is -2.18. The number of nitro groups is 1. The van der Waals surface area contributed by atoms with Crippen LogP contribution in [0.4, 0.5) is 15.8 Å². The second-order valence-electron chi connectivity index (χ2n) is 4.59. The van der Waals surface area contributed by atoms with E-state index < -0.39 is 28.0 Å². The number of benzene rings is 1. The van der Waals surface area contributed by atoms with Crippen molar-refractivity contribution in [2.75, 3.05) is 11.9 Å². The Morgan fingerprint density at radius 2 is 2.21 bits per heavy atom. The third-order valence-electron chi connectivity index (χ3n) is 3.32. The van der Waals surface area contributed by atoms with E-state index in [1.807, 2.05) is 0 Å². The van der Waals surface area contributed by atoms with Crippen LogP contribution >= 0.6 is 0 Å². The maximum Gasteiger partial charge on any atom is 0.338 e. The molecule has 0 saturated heterocycles. The molecule has 1 aromatic rings. The Balaban J connectivity index is 2.27. The van der Waals surface area contributed by atoms with Crippen LogP contribution in [0, 0.1) is 21.8 Å². The third kappa shape index (κ3) is 2.81. The van der Waals surface area contributed by atoms with Gasteiger partial charge >= 0.3 is 5.97 Å². The third-order valence-corrected chi connectivity index (χ3v) is 3.32. The molecular formula is C12H13FN2O4. The number of anilines is 1. The van der Waals surface area contributed by atoms with Crippen molar-refractivity contribution in [2.24, 2.45) is 5.92 Å². The highest BCUT2D eigenvalue weighted by Crippen LogP contribution is 2.31. The molecule has 2 N–H and O–H groups in total. The predicted molar refractivity (Wildman–Crippen MR) is 65.8 cm³/mol. The van der Waals surface area contributed by atoms with Crippen molar-refractivity contribution in [3.05, 3.63) is 33.6 Å². The molecule has 1 aromatic carbocycles. The molecule has 0 unspecified atom stereocenters. The number of carboxylic acid groups (broad SMARTS) is 1. The van der Waals surface area contributed by atoms with E-state index in [4.69, 9.17) is 5.11 Å². The molecule has 1 fully saturated rings. The zero-order valence-electron chi connectivity index (χ0n) is 10.1. The minimum atomic E-state index is -1.52. The van der Waals surface area contributed by atoms with Crippen LogP contribution in [0.3, 0.4) is 0 Å². The van der Waals surface area contributed by atoms with Crippen molar-refractivity contribution < 1.29 is 19.2 Å². The average Bonchev–Trinajstić information content (AvgIpc) is 2.25. The Kier molecular flexibility index (Phi) is 3.64. The molecule has 0 bridgehead atoms. The normalized spacial score (nSPS) is 14.8. The van der Waals surface area contributed by atoms with Crippen LogP contribution in [0.2, 0.25) is 0 Å². The van der Waals surface area contributed by atoms with Crippen LogP contribution < -0.4 is 5.32 Å². The molecule has 1 aliphatic carbocycles. The highest BCUT2D eigenvalue weighted by Gasteiger charge is 2.23. The van der Waals surface area contributed by atoms with Gasteiger partial charge in [0.25, 0.3) is 5.69 Å². The predicted octanol–water partition coefficient (Wildman–Crippen LogP) is 2.64. The minimum absolute atomic E-state index is 0.0272. The van der Waals surface area contributed by atoms with Crippen LogP contribution in [-0.4, -0.2) is 22.5 Å². The van der Waals surface area contributed by atoms with Crippen molar-refractivity contribution in [1.29, 1.82) is 0 Å². The summed E-state index contributed by atoms with van der Waals surface area (Å²) in [6, 6.07) is 1.63. The summed E-state index contributed by atoms with van der Waals surface area (Å²) >= 11 is 0. The maximum absolute atomic E-state index is 13.5. The summed E-state index contributed by atoms with van der Waals surface area (Å²) in [5.41, 5.74) is -1.08. The smallest absolute Gasteiger partial charge is 0.338 e. The van der Waals surface area contributed by atoms with Crippen molar-refractivity contribution >= 4 is 17.3 Å². The van der Waals surface area contributed by atoms with E-state index in [-0.39, 0.29) is 5.69 Å². The first kappa shape index (κ1) is 13.3. The average molecular weight is 268 g/mol. The van der Waals surface area contributed by atoms with Crippen molar-refractivity contribution in [3.63, 3.8) is 0 Å². The molecular weight excluding hydrogens is 255 g/mol. The standard InChI is InChI=1S/C12H13FN2O4/c13-9-5-10(14-6-7-2-1-3-7)11(15(18)19)4-8(9)12(16)17/h4-5,7,14H,1-3,6H2,(H,16,17). The van der Waals surface area contributed by atoms with Gasteiger partial charge in [0, 0.05) is 18.7 Å².